The highest BCUT2D eigenvalue weighted by atomic mass is 35.5. The number of amides is 2. The van der Waals surface area contributed by atoms with Gasteiger partial charge in [-0.3, -0.25) is 9.59 Å². The van der Waals surface area contributed by atoms with E-state index in [0.717, 1.165) is 6.07 Å². The maximum atomic E-state index is 12.6. The first kappa shape index (κ1) is 22.4. The second kappa shape index (κ2) is 10.1. The van der Waals surface area contributed by atoms with Crippen LogP contribution in [0.25, 0.3) is 0 Å². The van der Waals surface area contributed by atoms with E-state index in [2.05, 4.69) is 25.9 Å². The number of alkyl halides is 3. The summed E-state index contributed by atoms with van der Waals surface area (Å²) in [6.45, 7) is 2.35. The van der Waals surface area contributed by atoms with Crippen molar-refractivity contribution in [3.63, 3.8) is 0 Å². The van der Waals surface area contributed by atoms with Gasteiger partial charge in [0.05, 0.1) is 10.6 Å². The molecule has 0 saturated heterocycles. The maximum absolute atomic E-state index is 12.6. The Balaban J connectivity index is 1.79. The Morgan fingerprint density at radius 1 is 1.17 bits per heavy atom. The first-order valence-corrected chi connectivity index (χ1v) is 9.09. The summed E-state index contributed by atoms with van der Waals surface area (Å²) in [5.74, 6) is -0.132. The van der Waals surface area contributed by atoms with Crippen LogP contribution in [0.15, 0.2) is 30.6 Å². The lowest BCUT2D eigenvalue weighted by atomic mass is 10.2. The Hall–Kier alpha value is -2.88. The summed E-state index contributed by atoms with van der Waals surface area (Å²) in [5.41, 5.74) is -0.584. The lowest BCUT2D eigenvalue weighted by Crippen LogP contribution is -2.26. The predicted octanol–water partition coefficient (Wildman–Crippen LogP) is 3.73. The average molecular weight is 430 g/mol. The summed E-state index contributed by atoms with van der Waals surface area (Å²) < 4.78 is 37.8. The number of carbonyl (C=O) groups is 2. The van der Waals surface area contributed by atoms with E-state index in [1.807, 2.05) is 0 Å². The molecule has 2 heterocycles. The van der Waals surface area contributed by atoms with Crippen molar-refractivity contribution in [1.82, 2.24) is 15.3 Å². The molecule has 2 aromatic heterocycles. The molecule has 2 rings (SSSR count). The molecule has 0 radical (unpaired) electrons. The van der Waals surface area contributed by atoms with Gasteiger partial charge in [-0.1, -0.05) is 18.5 Å². The fourth-order valence-electron chi connectivity index (χ4n) is 2.19. The van der Waals surface area contributed by atoms with Crippen molar-refractivity contribution in [1.29, 1.82) is 0 Å². The Morgan fingerprint density at radius 2 is 1.93 bits per heavy atom. The molecule has 7 nitrogen and oxygen atoms in total. The number of nitrogens with zero attached hydrogens (tertiary/aromatic N) is 2. The Labute approximate surface area is 170 Å². The summed E-state index contributed by atoms with van der Waals surface area (Å²) in [6, 6.07) is 3.78. The van der Waals surface area contributed by atoms with Gasteiger partial charge in [0.1, 0.15) is 11.6 Å². The van der Waals surface area contributed by atoms with Crippen LogP contribution in [0.5, 0.6) is 0 Å². The minimum atomic E-state index is -4.51. The molecule has 2 aromatic rings. The number of nitrogens with one attached hydrogen (secondary N) is 3. The van der Waals surface area contributed by atoms with Gasteiger partial charge in [0.25, 0.3) is 5.91 Å². The van der Waals surface area contributed by atoms with E-state index in [0.29, 0.717) is 37.7 Å². The molecule has 3 N–H and O–H groups in total. The minimum Gasteiger partial charge on any atom is -0.369 e. The summed E-state index contributed by atoms with van der Waals surface area (Å²) >= 11 is 5.81. The smallest absolute Gasteiger partial charge is 0.369 e. The van der Waals surface area contributed by atoms with E-state index in [1.54, 1.807) is 6.92 Å². The van der Waals surface area contributed by atoms with E-state index in [-0.39, 0.29) is 28.5 Å². The van der Waals surface area contributed by atoms with Crippen molar-refractivity contribution in [2.24, 2.45) is 0 Å². The molecule has 0 unspecified atom stereocenters. The summed E-state index contributed by atoms with van der Waals surface area (Å²) in [6.07, 6.45) is -1.61. The molecule has 0 aliphatic heterocycles. The van der Waals surface area contributed by atoms with Crippen LogP contribution in [0.2, 0.25) is 5.02 Å². The normalized spacial score (nSPS) is 11.1. The number of aromatic nitrogens is 2. The number of hydrogen-bond acceptors (Lipinski definition) is 5. The fourth-order valence-corrected chi connectivity index (χ4v) is 2.43. The van der Waals surface area contributed by atoms with Gasteiger partial charge < -0.3 is 16.0 Å². The van der Waals surface area contributed by atoms with Gasteiger partial charge in [-0.15, -0.1) is 0 Å². The van der Waals surface area contributed by atoms with E-state index < -0.39 is 11.7 Å². The summed E-state index contributed by atoms with van der Waals surface area (Å²) in [5, 5.41) is 7.96. The summed E-state index contributed by atoms with van der Waals surface area (Å²) in [4.78, 5) is 31.2. The van der Waals surface area contributed by atoms with Gasteiger partial charge in [0.15, 0.2) is 0 Å². The molecule has 0 aliphatic rings. The predicted molar refractivity (Wildman–Crippen MR) is 103 cm³/mol. The van der Waals surface area contributed by atoms with Crippen LogP contribution in [0, 0.1) is 0 Å². The van der Waals surface area contributed by atoms with E-state index in [1.165, 1.54) is 18.3 Å². The van der Waals surface area contributed by atoms with Gasteiger partial charge in [0.2, 0.25) is 5.91 Å². The van der Waals surface area contributed by atoms with Crippen LogP contribution >= 0.6 is 11.6 Å². The SMILES string of the molecule is CCC(=O)Nc1cc(C(=O)NCCCNc2ncc(C(F)(F)F)cc2Cl)ccn1. The third-order valence-corrected chi connectivity index (χ3v) is 4.00. The lowest BCUT2D eigenvalue weighted by Gasteiger charge is -2.11. The van der Waals surface area contributed by atoms with Crippen molar-refractivity contribution in [2.45, 2.75) is 25.9 Å². The molecule has 0 aromatic carbocycles. The zero-order valence-electron chi connectivity index (χ0n) is 15.4. The zero-order chi connectivity index (χ0) is 21.4. The minimum absolute atomic E-state index is 0.136. The topological polar surface area (TPSA) is 96.0 Å². The van der Waals surface area contributed by atoms with Crippen molar-refractivity contribution in [3.05, 3.63) is 46.7 Å². The van der Waals surface area contributed by atoms with E-state index in [9.17, 15) is 22.8 Å². The molecule has 29 heavy (non-hydrogen) atoms. The highest BCUT2D eigenvalue weighted by molar-refractivity contribution is 6.32. The lowest BCUT2D eigenvalue weighted by molar-refractivity contribution is -0.137. The molecule has 0 saturated carbocycles. The van der Waals surface area contributed by atoms with Crippen LogP contribution in [0.3, 0.4) is 0 Å². The molecule has 11 heteroatoms. The molecular weight excluding hydrogens is 411 g/mol. The van der Waals surface area contributed by atoms with Crippen LogP contribution in [-0.2, 0) is 11.0 Å². The first-order chi connectivity index (χ1) is 13.7. The van der Waals surface area contributed by atoms with Crippen LogP contribution in [0.1, 0.15) is 35.7 Å². The van der Waals surface area contributed by atoms with Gasteiger partial charge >= 0.3 is 6.18 Å². The Bertz CT molecular complexity index is 877. The molecule has 0 atom stereocenters. The maximum Gasteiger partial charge on any atom is 0.417 e. The van der Waals surface area contributed by atoms with Gasteiger partial charge in [0, 0.05) is 37.5 Å². The standard InChI is InChI=1S/C18H19ClF3N5O2/c1-2-15(28)27-14-8-11(4-7-23-14)17(29)25-6-3-5-24-16-13(19)9-12(10-26-16)18(20,21)22/h4,7-10H,2-3,5-6H2,1H3,(H,24,26)(H,25,29)(H,23,27,28). The quantitative estimate of drug-likeness (QED) is 0.556. The van der Waals surface area contributed by atoms with Crippen molar-refractivity contribution >= 4 is 35.1 Å². The molecule has 0 aliphatic carbocycles. The van der Waals surface area contributed by atoms with E-state index in [4.69, 9.17) is 11.6 Å². The van der Waals surface area contributed by atoms with Crippen molar-refractivity contribution < 1.29 is 22.8 Å². The first-order valence-electron chi connectivity index (χ1n) is 8.71. The van der Waals surface area contributed by atoms with Gasteiger partial charge in [-0.05, 0) is 24.6 Å². The number of anilines is 2. The number of carbonyl (C=O) groups excluding carboxylic acids is 2. The van der Waals surface area contributed by atoms with Gasteiger partial charge in [-0.2, -0.15) is 13.2 Å². The van der Waals surface area contributed by atoms with Gasteiger partial charge in [-0.25, -0.2) is 9.97 Å². The molecular formula is C18H19ClF3N5O2. The van der Waals surface area contributed by atoms with Crippen molar-refractivity contribution in [2.75, 3.05) is 23.7 Å². The highest BCUT2D eigenvalue weighted by Gasteiger charge is 2.31. The highest BCUT2D eigenvalue weighted by Crippen LogP contribution is 2.32. The number of pyridine rings is 2. The van der Waals surface area contributed by atoms with E-state index >= 15 is 0 Å². The number of halogens is 4. The Kier molecular flexibility index (Phi) is 7.77. The Morgan fingerprint density at radius 3 is 2.59 bits per heavy atom. The number of rotatable bonds is 8. The molecule has 0 spiro atoms. The average Bonchev–Trinajstić information content (AvgIpc) is 2.67. The molecule has 2 amide bonds. The van der Waals surface area contributed by atoms with Crippen LogP contribution < -0.4 is 16.0 Å². The number of hydrogen-bond donors (Lipinski definition) is 3. The van der Waals surface area contributed by atoms with Crippen LogP contribution in [-0.4, -0.2) is 34.9 Å². The third kappa shape index (κ3) is 6.90. The molecule has 0 bridgehead atoms. The van der Waals surface area contributed by atoms with Crippen molar-refractivity contribution in [3.8, 4) is 0 Å². The summed E-state index contributed by atoms with van der Waals surface area (Å²) in [7, 11) is 0. The molecule has 0 fully saturated rings. The monoisotopic (exact) mass is 429 g/mol. The largest absolute Gasteiger partial charge is 0.417 e. The fraction of sp³-hybridized carbons (Fsp3) is 0.333. The third-order valence-electron chi connectivity index (χ3n) is 3.71. The molecule has 156 valence electrons. The zero-order valence-corrected chi connectivity index (χ0v) is 16.2. The second-order valence-corrected chi connectivity index (χ2v) is 6.33. The second-order valence-electron chi connectivity index (χ2n) is 5.92. The van der Waals surface area contributed by atoms with Crippen LogP contribution in [0.4, 0.5) is 24.8 Å².